The van der Waals surface area contributed by atoms with Gasteiger partial charge in [0.15, 0.2) is 0 Å². The molecule has 110 valence electrons. The van der Waals surface area contributed by atoms with E-state index in [1.165, 1.54) is 9.18 Å². The van der Waals surface area contributed by atoms with Crippen LogP contribution in [0, 0.1) is 0 Å². The highest BCUT2D eigenvalue weighted by Crippen LogP contribution is 2.26. The van der Waals surface area contributed by atoms with E-state index in [0.29, 0.717) is 26.1 Å². The Balaban J connectivity index is 2.60. The van der Waals surface area contributed by atoms with Gasteiger partial charge < -0.3 is 5.73 Å². The van der Waals surface area contributed by atoms with E-state index in [1.54, 1.807) is 18.4 Å². The Morgan fingerprint density at radius 3 is 2.68 bits per heavy atom. The van der Waals surface area contributed by atoms with Gasteiger partial charge in [-0.2, -0.15) is 12.7 Å². The second-order valence-corrected chi connectivity index (χ2v) is 7.96. The molecule has 0 fully saturated rings. The third kappa shape index (κ3) is 4.85. The highest BCUT2D eigenvalue weighted by molar-refractivity contribution is 7.87. The van der Waals surface area contributed by atoms with Gasteiger partial charge in [-0.15, -0.1) is 11.3 Å². The van der Waals surface area contributed by atoms with Gasteiger partial charge in [-0.05, 0) is 24.4 Å². The second-order valence-electron chi connectivity index (χ2n) is 5.15. The smallest absolute Gasteiger partial charge is 0.279 e. The molecule has 0 aromatic carbocycles. The zero-order valence-corrected chi connectivity index (χ0v) is 13.4. The highest BCUT2D eigenvalue weighted by atomic mass is 32.2. The van der Waals surface area contributed by atoms with Crippen LogP contribution in [0.3, 0.4) is 0 Å². The molecule has 0 aliphatic heterocycles. The molecule has 1 rings (SSSR count). The van der Waals surface area contributed by atoms with Crippen LogP contribution in [-0.2, 0) is 15.6 Å². The molecule has 0 spiro atoms. The maximum Gasteiger partial charge on any atom is 0.279 e. The molecule has 0 aliphatic carbocycles. The van der Waals surface area contributed by atoms with Gasteiger partial charge in [0.2, 0.25) is 0 Å². The lowest BCUT2D eigenvalue weighted by molar-refractivity contribution is 0.438. The van der Waals surface area contributed by atoms with Crippen LogP contribution in [0.2, 0.25) is 0 Å². The molecule has 0 radical (unpaired) electrons. The van der Waals surface area contributed by atoms with Crippen molar-refractivity contribution in [1.29, 1.82) is 0 Å². The lowest BCUT2D eigenvalue weighted by Crippen LogP contribution is -2.44. The summed E-state index contributed by atoms with van der Waals surface area (Å²) in [5, 5.41) is 2.00. The molecule has 0 aliphatic rings. The topological polar surface area (TPSA) is 75.4 Å². The van der Waals surface area contributed by atoms with Gasteiger partial charge in [0.1, 0.15) is 0 Å². The van der Waals surface area contributed by atoms with Gasteiger partial charge >= 0.3 is 0 Å². The third-order valence-corrected chi connectivity index (χ3v) is 5.72. The van der Waals surface area contributed by atoms with E-state index >= 15 is 0 Å². The fourth-order valence-corrected chi connectivity index (χ4v) is 3.55. The minimum absolute atomic E-state index is 0.212. The molecule has 0 unspecified atom stereocenters. The van der Waals surface area contributed by atoms with Crippen molar-refractivity contribution in [1.82, 2.24) is 9.03 Å². The molecule has 1 aromatic heterocycles. The van der Waals surface area contributed by atoms with Crippen LogP contribution < -0.4 is 10.5 Å². The van der Waals surface area contributed by atoms with Gasteiger partial charge in [-0.1, -0.05) is 19.9 Å². The SMILES string of the molecule is CN(CCCN)S(=O)(=O)NCC(C)(C)c1cccs1. The lowest BCUT2D eigenvalue weighted by Gasteiger charge is -2.25. The average molecular weight is 305 g/mol. The molecule has 0 atom stereocenters. The Morgan fingerprint density at radius 2 is 2.16 bits per heavy atom. The first-order chi connectivity index (χ1) is 8.79. The zero-order chi connectivity index (χ0) is 14.5. The van der Waals surface area contributed by atoms with Gasteiger partial charge in [0.25, 0.3) is 10.2 Å². The predicted octanol–water partition coefficient (Wildman–Crippen LogP) is 1.14. The van der Waals surface area contributed by atoms with E-state index in [1.807, 2.05) is 31.4 Å². The van der Waals surface area contributed by atoms with Gasteiger partial charge in [0.05, 0.1) is 0 Å². The normalized spacial score (nSPS) is 13.1. The van der Waals surface area contributed by atoms with Crippen LogP contribution in [0.4, 0.5) is 0 Å². The van der Waals surface area contributed by atoms with Crippen molar-refractivity contribution < 1.29 is 8.42 Å². The summed E-state index contributed by atoms with van der Waals surface area (Å²) in [7, 11) is -1.86. The number of hydrogen-bond acceptors (Lipinski definition) is 4. The number of rotatable bonds is 8. The predicted molar refractivity (Wildman–Crippen MR) is 80.6 cm³/mol. The first kappa shape index (κ1) is 16.6. The monoisotopic (exact) mass is 305 g/mol. The summed E-state index contributed by atoms with van der Waals surface area (Å²) in [4.78, 5) is 1.17. The fraction of sp³-hybridized carbons (Fsp3) is 0.667. The standard InChI is InChI=1S/C12H23N3O2S2/c1-12(2,11-6-4-9-18-11)10-14-19(16,17)15(3)8-5-7-13/h4,6,9,14H,5,7-8,10,13H2,1-3H3. The van der Waals surface area contributed by atoms with E-state index in [2.05, 4.69) is 4.72 Å². The van der Waals surface area contributed by atoms with Crippen LogP contribution in [-0.4, -0.2) is 39.4 Å². The number of hydrogen-bond donors (Lipinski definition) is 2. The molecule has 0 bridgehead atoms. The van der Waals surface area contributed by atoms with E-state index in [4.69, 9.17) is 5.73 Å². The van der Waals surface area contributed by atoms with Crippen molar-refractivity contribution in [3.63, 3.8) is 0 Å². The van der Waals surface area contributed by atoms with E-state index in [0.717, 1.165) is 0 Å². The van der Waals surface area contributed by atoms with Crippen LogP contribution in [0.15, 0.2) is 17.5 Å². The Kier molecular flexibility index (Phi) is 5.94. The molecule has 0 saturated carbocycles. The summed E-state index contributed by atoms with van der Waals surface area (Å²) >= 11 is 1.64. The van der Waals surface area contributed by atoms with Crippen molar-refractivity contribution >= 4 is 21.5 Å². The number of nitrogens with two attached hydrogens (primary N) is 1. The largest absolute Gasteiger partial charge is 0.330 e. The molecule has 19 heavy (non-hydrogen) atoms. The average Bonchev–Trinajstić information content (AvgIpc) is 2.88. The van der Waals surface area contributed by atoms with Crippen molar-refractivity contribution in [3.05, 3.63) is 22.4 Å². The Morgan fingerprint density at radius 1 is 1.47 bits per heavy atom. The summed E-state index contributed by atoms with van der Waals surface area (Å²) in [5.41, 5.74) is 5.17. The number of thiophene rings is 1. The Labute approximate surface area is 120 Å². The van der Waals surface area contributed by atoms with E-state index in [-0.39, 0.29) is 5.41 Å². The second kappa shape index (κ2) is 6.81. The molecule has 0 saturated heterocycles. The van der Waals surface area contributed by atoms with Crippen molar-refractivity contribution in [2.24, 2.45) is 5.73 Å². The molecule has 5 nitrogen and oxygen atoms in total. The summed E-state index contributed by atoms with van der Waals surface area (Å²) < 4.78 is 28.0. The number of nitrogens with zero attached hydrogens (tertiary/aromatic N) is 1. The van der Waals surface area contributed by atoms with Crippen LogP contribution in [0.25, 0.3) is 0 Å². The fourth-order valence-electron chi connectivity index (χ4n) is 1.57. The zero-order valence-electron chi connectivity index (χ0n) is 11.7. The Hall–Kier alpha value is -0.470. The molecule has 0 amide bonds. The number of nitrogens with one attached hydrogen (secondary N) is 1. The first-order valence-corrected chi connectivity index (χ1v) is 8.56. The quantitative estimate of drug-likeness (QED) is 0.756. The molecule has 1 aromatic rings. The maximum absolute atomic E-state index is 12.0. The van der Waals surface area contributed by atoms with E-state index < -0.39 is 10.2 Å². The van der Waals surface area contributed by atoms with Crippen LogP contribution in [0.1, 0.15) is 25.1 Å². The van der Waals surface area contributed by atoms with Gasteiger partial charge in [-0.3, -0.25) is 0 Å². The minimum atomic E-state index is -3.42. The van der Waals surface area contributed by atoms with Crippen molar-refractivity contribution in [3.8, 4) is 0 Å². The van der Waals surface area contributed by atoms with Crippen LogP contribution in [0.5, 0.6) is 0 Å². The summed E-state index contributed by atoms with van der Waals surface area (Å²) in [5.74, 6) is 0. The third-order valence-electron chi connectivity index (χ3n) is 2.97. The minimum Gasteiger partial charge on any atom is -0.330 e. The first-order valence-electron chi connectivity index (χ1n) is 6.24. The molecular formula is C12H23N3O2S2. The summed E-state index contributed by atoms with van der Waals surface area (Å²) in [6, 6.07) is 4.00. The van der Waals surface area contributed by atoms with Crippen LogP contribution >= 0.6 is 11.3 Å². The van der Waals surface area contributed by atoms with Crippen molar-refractivity contribution in [2.45, 2.75) is 25.7 Å². The van der Waals surface area contributed by atoms with Crippen molar-refractivity contribution in [2.75, 3.05) is 26.7 Å². The molecule has 7 heteroatoms. The maximum atomic E-state index is 12.0. The summed E-state index contributed by atoms with van der Waals surface area (Å²) in [6.45, 7) is 5.36. The molecular weight excluding hydrogens is 282 g/mol. The van der Waals surface area contributed by atoms with Gasteiger partial charge in [0, 0.05) is 30.4 Å². The lowest BCUT2D eigenvalue weighted by atomic mass is 9.92. The molecule has 3 N–H and O–H groups in total. The summed E-state index contributed by atoms with van der Waals surface area (Å²) in [6.07, 6.45) is 0.658. The van der Waals surface area contributed by atoms with Gasteiger partial charge in [-0.25, -0.2) is 4.72 Å². The Bertz CT molecular complexity index is 469. The van der Waals surface area contributed by atoms with E-state index in [9.17, 15) is 8.42 Å². The highest BCUT2D eigenvalue weighted by Gasteiger charge is 2.25. The molecule has 1 heterocycles.